The largest absolute Gasteiger partial charge is 0.493 e. The molecule has 4 heterocycles. The highest BCUT2D eigenvalue weighted by Crippen LogP contribution is 2.34. The van der Waals surface area contributed by atoms with E-state index in [1.807, 2.05) is 59.2 Å². The molecule has 0 aliphatic carbocycles. The molecule has 0 saturated carbocycles. The van der Waals surface area contributed by atoms with Crippen molar-refractivity contribution in [1.29, 1.82) is 0 Å². The molecule has 0 radical (unpaired) electrons. The van der Waals surface area contributed by atoms with Crippen LogP contribution in [0.3, 0.4) is 0 Å². The van der Waals surface area contributed by atoms with Gasteiger partial charge in [0.1, 0.15) is 36.1 Å². The van der Waals surface area contributed by atoms with Gasteiger partial charge in [0, 0.05) is 37.3 Å². The first-order chi connectivity index (χ1) is 24.0. The molecule has 1 N–H and O–H groups in total. The minimum atomic E-state index is -1.05. The summed E-state index contributed by atoms with van der Waals surface area (Å²) in [5.74, 6) is 1.31. The van der Waals surface area contributed by atoms with Gasteiger partial charge in [-0.15, -0.1) is 0 Å². The summed E-state index contributed by atoms with van der Waals surface area (Å²) >= 11 is 0. The molecule has 11 nitrogen and oxygen atoms in total. The minimum Gasteiger partial charge on any atom is -0.493 e. The zero-order chi connectivity index (χ0) is 33.7. The number of hydrogen-bond acceptors (Lipinski definition) is 8. The molecule has 0 amide bonds. The maximum Gasteiger partial charge on any atom is 0.335 e. The van der Waals surface area contributed by atoms with Gasteiger partial charge in [-0.25, -0.2) is 19.6 Å². The SMILES string of the molecule is [C-]#[N+]c1ccc2c(c1)CCCOc1cc(ccc1Cc1nc3c(OCCOC)cc(C(=O)O)cc3n1C[C@@H]1CCO1)-c1cccc(n1)OC2. The Morgan fingerprint density at radius 1 is 1.04 bits per heavy atom. The maximum atomic E-state index is 12.1. The van der Waals surface area contributed by atoms with Gasteiger partial charge in [-0.2, -0.15) is 0 Å². The molecule has 11 heteroatoms. The Kier molecular flexibility index (Phi) is 9.41. The summed E-state index contributed by atoms with van der Waals surface area (Å²) in [5, 5.41) is 9.93. The first-order valence-corrected chi connectivity index (χ1v) is 16.3. The lowest BCUT2D eigenvalue weighted by molar-refractivity contribution is -0.0589. The predicted molar refractivity (Wildman–Crippen MR) is 182 cm³/mol. The molecule has 1 saturated heterocycles. The lowest BCUT2D eigenvalue weighted by atomic mass is 10.0. The molecule has 1 atom stereocenters. The molecule has 2 aliphatic heterocycles. The second kappa shape index (κ2) is 14.4. The number of carboxylic acid groups (broad SMARTS) is 1. The van der Waals surface area contributed by atoms with Gasteiger partial charge in [-0.1, -0.05) is 42.0 Å². The molecular formula is C38H36N4O7. The molecule has 2 aromatic heterocycles. The Morgan fingerprint density at radius 2 is 1.94 bits per heavy atom. The number of carbonyl (C=O) groups is 1. The number of hydrogen-bond donors (Lipinski definition) is 1. The van der Waals surface area contributed by atoms with Crippen molar-refractivity contribution in [1.82, 2.24) is 14.5 Å². The topological polar surface area (TPSA) is 119 Å². The van der Waals surface area contributed by atoms with Crippen molar-refractivity contribution >= 4 is 22.7 Å². The Bertz CT molecular complexity index is 2050. The standard InChI is InChI=1S/C38H36N4O7/c1-39-29-11-10-27-23-49-36-7-3-6-31(40-36)25-8-9-26(33(19-25)47-13-4-5-24(27)17-29)21-35-41-37-32(42(35)22-30-12-14-46-30)18-28(38(43)44)20-34(37)48-16-15-45-2/h3,6-11,17-20,30H,4-5,12-16,21-23H2,2H3,(H,43,44)/t30-/m0/s1. The molecule has 1 fully saturated rings. The smallest absolute Gasteiger partial charge is 0.335 e. The number of ether oxygens (including phenoxy) is 5. The number of benzene rings is 3. The summed E-state index contributed by atoms with van der Waals surface area (Å²) in [5.41, 5.74) is 6.60. The quantitative estimate of drug-likeness (QED) is 0.137. The van der Waals surface area contributed by atoms with E-state index in [9.17, 15) is 9.90 Å². The average molecular weight is 661 g/mol. The van der Waals surface area contributed by atoms with E-state index >= 15 is 0 Å². The average Bonchev–Trinajstić information content (AvgIpc) is 3.44. The number of carboxylic acids is 1. The first kappa shape index (κ1) is 32.1. The van der Waals surface area contributed by atoms with Crippen LogP contribution >= 0.6 is 0 Å². The van der Waals surface area contributed by atoms with Crippen LogP contribution in [0.2, 0.25) is 0 Å². The number of methoxy groups -OCH3 is 1. The van der Waals surface area contributed by atoms with Gasteiger partial charge in [0.15, 0.2) is 5.69 Å². The van der Waals surface area contributed by atoms with E-state index in [2.05, 4.69) is 4.85 Å². The second-order valence-corrected chi connectivity index (χ2v) is 12.1. The summed E-state index contributed by atoms with van der Waals surface area (Å²) in [6.07, 6.45) is 2.80. The normalized spacial score (nSPS) is 15.6. The zero-order valence-corrected chi connectivity index (χ0v) is 27.2. The molecule has 4 bridgehead atoms. The van der Waals surface area contributed by atoms with Crippen LogP contribution < -0.4 is 14.2 Å². The van der Waals surface area contributed by atoms with Gasteiger partial charge >= 0.3 is 5.97 Å². The fourth-order valence-electron chi connectivity index (χ4n) is 6.15. The van der Waals surface area contributed by atoms with E-state index < -0.39 is 5.97 Å². The monoisotopic (exact) mass is 660 g/mol. The lowest BCUT2D eigenvalue weighted by Crippen LogP contribution is -2.31. The third kappa shape index (κ3) is 7.06. The Labute approximate surface area is 283 Å². The van der Waals surface area contributed by atoms with Crippen LogP contribution in [0.5, 0.6) is 17.4 Å². The molecule has 3 aromatic carbocycles. The molecule has 250 valence electrons. The van der Waals surface area contributed by atoms with Crippen LogP contribution in [0.1, 0.15) is 45.7 Å². The van der Waals surface area contributed by atoms with Crippen LogP contribution in [0.4, 0.5) is 5.69 Å². The van der Waals surface area contributed by atoms with E-state index in [0.29, 0.717) is 73.5 Å². The van der Waals surface area contributed by atoms with Crippen LogP contribution in [-0.4, -0.2) is 65.3 Å². The highest BCUT2D eigenvalue weighted by molar-refractivity contribution is 5.95. The Balaban J connectivity index is 1.27. The van der Waals surface area contributed by atoms with Crippen molar-refractivity contribution < 1.29 is 33.6 Å². The van der Waals surface area contributed by atoms with E-state index in [1.54, 1.807) is 13.2 Å². The van der Waals surface area contributed by atoms with Gasteiger partial charge in [0.2, 0.25) is 5.88 Å². The van der Waals surface area contributed by atoms with Crippen LogP contribution in [0.25, 0.3) is 27.1 Å². The van der Waals surface area contributed by atoms with Crippen LogP contribution in [0, 0.1) is 6.57 Å². The summed E-state index contributed by atoms with van der Waals surface area (Å²) in [6, 6.07) is 20.6. The van der Waals surface area contributed by atoms with Gasteiger partial charge in [-0.3, -0.25) is 0 Å². The van der Waals surface area contributed by atoms with Gasteiger partial charge in [-0.05, 0) is 49.1 Å². The highest BCUT2D eigenvalue weighted by Gasteiger charge is 2.25. The van der Waals surface area contributed by atoms with Crippen LogP contribution in [-0.2, 0) is 35.5 Å². The van der Waals surface area contributed by atoms with E-state index in [1.165, 1.54) is 6.07 Å². The van der Waals surface area contributed by atoms with E-state index in [4.69, 9.17) is 40.2 Å². The number of aromatic nitrogens is 3. The van der Waals surface area contributed by atoms with Gasteiger partial charge in [0.25, 0.3) is 0 Å². The summed E-state index contributed by atoms with van der Waals surface area (Å²) in [4.78, 5) is 25.6. The van der Waals surface area contributed by atoms with Crippen molar-refractivity contribution in [2.75, 3.05) is 33.5 Å². The maximum absolute atomic E-state index is 12.1. The first-order valence-electron chi connectivity index (χ1n) is 16.3. The fourth-order valence-corrected chi connectivity index (χ4v) is 6.15. The molecular weight excluding hydrogens is 624 g/mol. The molecule has 49 heavy (non-hydrogen) atoms. The molecule has 7 rings (SSSR count). The molecule has 5 aromatic rings. The van der Waals surface area contributed by atoms with Crippen molar-refractivity contribution in [3.63, 3.8) is 0 Å². The Hall–Kier alpha value is -5.44. The van der Waals surface area contributed by atoms with Crippen molar-refractivity contribution in [2.45, 2.75) is 44.9 Å². The third-order valence-electron chi connectivity index (χ3n) is 8.85. The lowest BCUT2D eigenvalue weighted by Gasteiger charge is -2.27. The fraction of sp³-hybridized carbons (Fsp3) is 0.316. The minimum absolute atomic E-state index is 0.00552. The summed E-state index contributed by atoms with van der Waals surface area (Å²) < 4.78 is 31.6. The van der Waals surface area contributed by atoms with Gasteiger partial charge < -0.3 is 33.4 Å². The molecule has 0 spiro atoms. The highest BCUT2D eigenvalue weighted by atomic mass is 16.5. The van der Waals surface area contributed by atoms with E-state index in [-0.39, 0.29) is 18.3 Å². The second-order valence-electron chi connectivity index (χ2n) is 12.1. The molecule has 0 unspecified atom stereocenters. The predicted octanol–water partition coefficient (Wildman–Crippen LogP) is 6.66. The number of aryl methyl sites for hydroxylation is 1. The van der Waals surface area contributed by atoms with Crippen molar-refractivity contribution in [3.8, 4) is 28.6 Å². The Morgan fingerprint density at radius 3 is 2.73 bits per heavy atom. The third-order valence-corrected chi connectivity index (χ3v) is 8.85. The molecule has 2 aliphatic rings. The number of aromatic carboxylic acids is 1. The summed E-state index contributed by atoms with van der Waals surface area (Å²) in [7, 11) is 1.59. The van der Waals surface area contributed by atoms with Crippen molar-refractivity contribution in [3.05, 3.63) is 106 Å². The van der Waals surface area contributed by atoms with Crippen LogP contribution in [0.15, 0.2) is 66.7 Å². The number of nitrogens with zero attached hydrogens (tertiary/aromatic N) is 4. The number of fused-ring (bicyclic) bond motifs is 7. The summed E-state index contributed by atoms with van der Waals surface area (Å²) in [6.45, 7) is 10.1. The van der Waals surface area contributed by atoms with Crippen molar-refractivity contribution in [2.24, 2.45) is 0 Å². The zero-order valence-electron chi connectivity index (χ0n) is 27.2. The number of imidazole rings is 1. The van der Waals surface area contributed by atoms with E-state index in [0.717, 1.165) is 53.0 Å². The number of rotatable bonds is 9. The van der Waals surface area contributed by atoms with Gasteiger partial charge in [0.05, 0.1) is 49.2 Å². The number of pyridine rings is 1.